The number of hydrogen-bond acceptors (Lipinski definition) is 7. The molecule has 8 nitrogen and oxygen atoms in total. The first-order chi connectivity index (χ1) is 15.2. The molecule has 4 rings (SSSR count). The summed E-state index contributed by atoms with van der Waals surface area (Å²) in [6, 6.07) is 7.77. The average Bonchev–Trinajstić information content (AvgIpc) is 3.39. The summed E-state index contributed by atoms with van der Waals surface area (Å²) in [5.41, 5.74) is 4.57. The second kappa shape index (κ2) is 9.67. The Balaban J connectivity index is 1.46. The Morgan fingerprint density at radius 3 is 2.94 bits per heavy atom. The van der Waals surface area contributed by atoms with E-state index in [1.165, 1.54) is 12.0 Å². The van der Waals surface area contributed by atoms with E-state index in [1.807, 2.05) is 18.2 Å². The molecule has 31 heavy (non-hydrogen) atoms. The van der Waals surface area contributed by atoms with Crippen LogP contribution >= 0.6 is 0 Å². The van der Waals surface area contributed by atoms with Gasteiger partial charge in [0.05, 0.1) is 29.3 Å². The SMILES string of the molecule is CCCCn1cc(CN2CCCC2c2ccnc(Nc3ccc(C#N)nc3)n2)c(C)n1. The Bertz CT molecular complexity index is 1050. The van der Waals surface area contributed by atoms with E-state index in [1.54, 1.807) is 18.5 Å². The van der Waals surface area contributed by atoms with Gasteiger partial charge in [0.25, 0.3) is 0 Å². The molecule has 0 aromatic carbocycles. The highest BCUT2D eigenvalue weighted by atomic mass is 15.3. The van der Waals surface area contributed by atoms with Crippen LogP contribution in [0.2, 0.25) is 0 Å². The molecule has 1 N–H and O–H groups in total. The Labute approximate surface area is 183 Å². The van der Waals surface area contributed by atoms with Gasteiger partial charge in [0, 0.05) is 31.0 Å². The van der Waals surface area contributed by atoms with Crippen molar-refractivity contribution in [1.82, 2.24) is 29.6 Å². The van der Waals surface area contributed by atoms with E-state index in [4.69, 9.17) is 10.2 Å². The lowest BCUT2D eigenvalue weighted by Crippen LogP contribution is -2.24. The van der Waals surface area contributed by atoms with Gasteiger partial charge >= 0.3 is 0 Å². The molecule has 0 radical (unpaired) electrons. The van der Waals surface area contributed by atoms with Crippen molar-refractivity contribution in [3.63, 3.8) is 0 Å². The molecule has 0 bridgehead atoms. The Morgan fingerprint density at radius 1 is 1.26 bits per heavy atom. The number of likely N-dealkylation sites (tertiary alicyclic amines) is 1. The molecule has 1 unspecified atom stereocenters. The number of nitriles is 1. The van der Waals surface area contributed by atoms with Gasteiger partial charge in [0.2, 0.25) is 5.95 Å². The van der Waals surface area contributed by atoms with E-state index in [0.29, 0.717) is 11.6 Å². The fourth-order valence-corrected chi connectivity index (χ4v) is 4.00. The van der Waals surface area contributed by atoms with E-state index >= 15 is 0 Å². The van der Waals surface area contributed by atoms with Crippen molar-refractivity contribution >= 4 is 11.6 Å². The van der Waals surface area contributed by atoms with Crippen LogP contribution in [0.5, 0.6) is 0 Å². The van der Waals surface area contributed by atoms with Crippen molar-refractivity contribution in [3.05, 3.63) is 59.4 Å². The van der Waals surface area contributed by atoms with Gasteiger partial charge in [-0.25, -0.2) is 15.0 Å². The van der Waals surface area contributed by atoms with Gasteiger partial charge < -0.3 is 5.32 Å². The fourth-order valence-electron chi connectivity index (χ4n) is 4.00. The lowest BCUT2D eigenvalue weighted by atomic mass is 10.1. The van der Waals surface area contributed by atoms with Gasteiger partial charge in [0.1, 0.15) is 11.8 Å². The summed E-state index contributed by atoms with van der Waals surface area (Å²) in [5, 5.41) is 16.8. The minimum absolute atomic E-state index is 0.265. The molecule has 0 spiro atoms. The molecule has 1 atom stereocenters. The number of nitrogens with one attached hydrogen (secondary N) is 1. The molecule has 0 saturated carbocycles. The summed E-state index contributed by atoms with van der Waals surface area (Å²) < 4.78 is 2.08. The van der Waals surface area contributed by atoms with Crippen molar-refractivity contribution in [1.29, 1.82) is 5.26 Å². The first-order valence-corrected chi connectivity index (χ1v) is 10.9. The number of aromatic nitrogens is 5. The molecular weight excluding hydrogens is 388 g/mol. The number of hydrogen-bond donors (Lipinski definition) is 1. The number of aryl methyl sites for hydroxylation is 2. The first kappa shape index (κ1) is 20.9. The summed E-state index contributed by atoms with van der Waals surface area (Å²) in [4.78, 5) is 15.7. The highest BCUT2D eigenvalue weighted by Crippen LogP contribution is 2.33. The van der Waals surface area contributed by atoms with Crippen LogP contribution in [0.4, 0.5) is 11.6 Å². The van der Waals surface area contributed by atoms with Crippen molar-refractivity contribution < 1.29 is 0 Å². The highest BCUT2D eigenvalue weighted by Gasteiger charge is 2.28. The molecule has 1 aliphatic heterocycles. The summed E-state index contributed by atoms with van der Waals surface area (Å²) in [6.45, 7) is 7.22. The minimum Gasteiger partial charge on any atom is -0.323 e. The largest absolute Gasteiger partial charge is 0.323 e. The number of anilines is 2. The van der Waals surface area contributed by atoms with Crippen molar-refractivity contribution in [2.75, 3.05) is 11.9 Å². The average molecular weight is 417 g/mol. The zero-order valence-electron chi connectivity index (χ0n) is 18.1. The third-order valence-corrected chi connectivity index (χ3v) is 5.68. The quantitative estimate of drug-likeness (QED) is 0.590. The molecule has 0 aliphatic carbocycles. The van der Waals surface area contributed by atoms with Gasteiger partial charge in [-0.15, -0.1) is 0 Å². The monoisotopic (exact) mass is 416 g/mol. The van der Waals surface area contributed by atoms with Crippen LogP contribution in [0.1, 0.15) is 61.3 Å². The number of pyridine rings is 1. The Hall–Kier alpha value is -3.31. The van der Waals surface area contributed by atoms with Gasteiger partial charge in [0.15, 0.2) is 0 Å². The van der Waals surface area contributed by atoms with E-state index in [-0.39, 0.29) is 6.04 Å². The summed E-state index contributed by atoms with van der Waals surface area (Å²) in [5.74, 6) is 0.541. The number of rotatable bonds is 8. The fraction of sp³-hybridized carbons (Fsp3) is 0.435. The van der Waals surface area contributed by atoms with Gasteiger partial charge in [-0.05, 0) is 50.9 Å². The van der Waals surface area contributed by atoms with Crippen LogP contribution in [-0.4, -0.2) is 36.2 Å². The van der Waals surface area contributed by atoms with Crippen LogP contribution in [0, 0.1) is 18.3 Å². The van der Waals surface area contributed by atoms with Crippen LogP contribution in [0.3, 0.4) is 0 Å². The van der Waals surface area contributed by atoms with Gasteiger partial charge in [-0.2, -0.15) is 10.4 Å². The Kier molecular flexibility index (Phi) is 6.53. The van der Waals surface area contributed by atoms with Crippen molar-refractivity contribution in [2.45, 2.75) is 58.7 Å². The van der Waals surface area contributed by atoms with E-state index in [0.717, 1.165) is 56.0 Å². The molecular formula is C23H28N8. The number of nitrogens with zero attached hydrogens (tertiary/aromatic N) is 7. The lowest BCUT2D eigenvalue weighted by Gasteiger charge is -2.24. The maximum Gasteiger partial charge on any atom is 0.227 e. The highest BCUT2D eigenvalue weighted by molar-refractivity contribution is 5.52. The molecule has 4 heterocycles. The normalized spacial score (nSPS) is 16.4. The summed E-state index contributed by atoms with van der Waals surface area (Å²) in [6.07, 6.45) is 10.2. The predicted octanol–water partition coefficient (Wildman–Crippen LogP) is 4.13. The summed E-state index contributed by atoms with van der Waals surface area (Å²) in [7, 11) is 0. The second-order valence-corrected chi connectivity index (χ2v) is 7.96. The molecule has 1 aliphatic rings. The molecule has 0 amide bonds. The minimum atomic E-state index is 0.265. The van der Waals surface area contributed by atoms with Crippen LogP contribution in [0.25, 0.3) is 0 Å². The van der Waals surface area contributed by atoms with Crippen LogP contribution < -0.4 is 5.32 Å². The second-order valence-electron chi connectivity index (χ2n) is 7.96. The first-order valence-electron chi connectivity index (χ1n) is 10.9. The standard InChI is InChI=1S/C23H28N8/c1-3-4-12-31-16-18(17(2)29-31)15-30-11-5-6-22(30)21-9-10-25-23(28-21)27-20-8-7-19(13-24)26-14-20/h7-10,14,16,22H,3-6,11-12,15H2,1-2H3,(H,25,27,28). The molecule has 1 saturated heterocycles. The molecule has 8 heteroatoms. The van der Waals surface area contributed by atoms with Crippen LogP contribution in [-0.2, 0) is 13.1 Å². The molecule has 160 valence electrons. The number of unbranched alkanes of at least 4 members (excludes halogenated alkanes) is 1. The zero-order chi connectivity index (χ0) is 21.6. The van der Waals surface area contributed by atoms with Gasteiger partial charge in [-0.3, -0.25) is 9.58 Å². The zero-order valence-corrected chi connectivity index (χ0v) is 18.1. The van der Waals surface area contributed by atoms with Gasteiger partial charge in [-0.1, -0.05) is 13.3 Å². The molecule has 1 fully saturated rings. The predicted molar refractivity (Wildman–Crippen MR) is 119 cm³/mol. The van der Waals surface area contributed by atoms with Crippen LogP contribution in [0.15, 0.2) is 36.8 Å². The summed E-state index contributed by atoms with van der Waals surface area (Å²) >= 11 is 0. The topological polar surface area (TPSA) is 95.6 Å². The maximum atomic E-state index is 8.90. The molecule has 3 aromatic heterocycles. The third-order valence-electron chi connectivity index (χ3n) is 5.68. The molecule has 3 aromatic rings. The smallest absolute Gasteiger partial charge is 0.227 e. The Morgan fingerprint density at radius 2 is 2.16 bits per heavy atom. The van der Waals surface area contributed by atoms with E-state index in [9.17, 15) is 0 Å². The van der Waals surface area contributed by atoms with E-state index in [2.05, 4.69) is 50.0 Å². The maximum absolute atomic E-state index is 8.90. The van der Waals surface area contributed by atoms with E-state index < -0.39 is 0 Å². The lowest BCUT2D eigenvalue weighted by molar-refractivity contribution is 0.244. The van der Waals surface area contributed by atoms with Crippen molar-refractivity contribution in [2.24, 2.45) is 0 Å². The third kappa shape index (κ3) is 5.06. The van der Waals surface area contributed by atoms with Crippen molar-refractivity contribution in [3.8, 4) is 6.07 Å².